The van der Waals surface area contributed by atoms with Crippen molar-refractivity contribution in [1.82, 2.24) is 0 Å². The van der Waals surface area contributed by atoms with Crippen LogP contribution in [0.2, 0.25) is 0 Å². The Morgan fingerprint density at radius 1 is 1.07 bits per heavy atom. The highest BCUT2D eigenvalue weighted by molar-refractivity contribution is 5.88. The maximum atomic E-state index is 13.2. The molecule has 0 amide bonds. The SMILES string of the molecule is Fc1ccc(Nc2cc3c(cc2C#CC2CC4CCC(C2)O4)CN=C3)cc1. The van der Waals surface area contributed by atoms with Crippen LogP contribution >= 0.6 is 0 Å². The lowest BCUT2D eigenvalue weighted by molar-refractivity contribution is -0.00796. The van der Waals surface area contributed by atoms with E-state index in [2.05, 4.69) is 34.3 Å². The Balaban J connectivity index is 1.44. The van der Waals surface area contributed by atoms with Gasteiger partial charge in [-0.25, -0.2) is 4.39 Å². The van der Waals surface area contributed by atoms with E-state index in [0.29, 0.717) is 24.7 Å². The normalized spacial score (nSPS) is 25.0. The van der Waals surface area contributed by atoms with Gasteiger partial charge in [0.2, 0.25) is 0 Å². The average molecular weight is 360 g/mol. The molecule has 2 aromatic rings. The molecule has 2 saturated heterocycles. The lowest BCUT2D eigenvalue weighted by Crippen LogP contribution is -2.23. The summed E-state index contributed by atoms with van der Waals surface area (Å²) in [6.07, 6.45) is 7.13. The number of nitrogens with zero attached hydrogens (tertiary/aromatic N) is 1. The van der Waals surface area contributed by atoms with Gasteiger partial charge in [0.15, 0.2) is 0 Å². The molecule has 4 heteroatoms. The molecule has 5 rings (SSSR count). The van der Waals surface area contributed by atoms with Gasteiger partial charge in [0.25, 0.3) is 0 Å². The molecular weight excluding hydrogens is 339 g/mol. The fourth-order valence-corrected chi connectivity index (χ4v) is 4.21. The molecule has 2 aromatic carbocycles. The molecule has 0 aliphatic carbocycles. The van der Waals surface area contributed by atoms with Gasteiger partial charge in [0.05, 0.1) is 24.4 Å². The summed E-state index contributed by atoms with van der Waals surface area (Å²) in [6, 6.07) is 10.6. The Bertz CT molecular complexity index is 943. The number of benzene rings is 2. The predicted octanol–water partition coefficient (Wildman–Crippen LogP) is 4.81. The van der Waals surface area contributed by atoms with Gasteiger partial charge in [-0.1, -0.05) is 11.8 Å². The van der Waals surface area contributed by atoms with E-state index in [-0.39, 0.29) is 5.82 Å². The van der Waals surface area contributed by atoms with Crippen LogP contribution in [0.5, 0.6) is 0 Å². The van der Waals surface area contributed by atoms with Crippen molar-refractivity contribution in [1.29, 1.82) is 0 Å². The Hall–Kier alpha value is -2.64. The van der Waals surface area contributed by atoms with Crippen LogP contribution in [0, 0.1) is 23.6 Å². The van der Waals surface area contributed by atoms with Gasteiger partial charge in [0, 0.05) is 23.4 Å². The van der Waals surface area contributed by atoms with Crippen LogP contribution in [0.3, 0.4) is 0 Å². The summed E-state index contributed by atoms with van der Waals surface area (Å²) in [4.78, 5) is 4.36. The summed E-state index contributed by atoms with van der Waals surface area (Å²) in [5.41, 5.74) is 5.09. The summed E-state index contributed by atoms with van der Waals surface area (Å²) in [5.74, 6) is 7.07. The van der Waals surface area contributed by atoms with Crippen molar-refractivity contribution in [2.45, 2.75) is 44.4 Å². The van der Waals surface area contributed by atoms with Gasteiger partial charge in [-0.15, -0.1) is 0 Å². The van der Waals surface area contributed by atoms with Crippen molar-refractivity contribution in [3.63, 3.8) is 0 Å². The number of ether oxygens (including phenoxy) is 1. The molecule has 2 bridgehead atoms. The van der Waals surface area contributed by atoms with Gasteiger partial charge in [-0.05, 0) is 73.2 Å². The standard InChI is InChI=1S/C23H21FN2O/c24-19-3-5-20(6-4-19)26-23-12-18-14-25-13-17(18)11-16(23)2-1-15-9-21-7-8-22(10-15)27-21/h3-6,11-12,14-15,21-22,26H,7-10,13H2. The number of nitrogens with one attached hydrogen (secondary N) is 1. The van der Waals surface area contributed by atoms with E-state index in [9.17, 15) is 4.39 Å². The third-order valence-electron chi connectivity index (χ3n) is 5.60. The molecule has 2 atom stereocenters. The topological polar surface area (TPSA) is 33.6 Å². The molecule has 3 aliphatic rings. The number of fused-ring (bicyclic) bond motifs is 3. The molecular formula is C23H21FN2O. The van der Waals surface area contributed by atoms with Crippen LogP contribution in [0.25, 0.3) is 0 Å². The highest BCUT2D eigenvalue weighted by atomic mass is 19.1. The number of halogens is 1. The summed E-state index contributed by atoms with van der Waals surface area (Å²) < 4.78 is 19.1. The zero-order valence-corrected chi connectivity index (χ0v) is 15.0. The zero-order valence-electron chi connectivity index (χ0n) is 15.0. The first-order valence-corrected chi connectivity index (χ1v) is 9.59. The second-order valence-corrected chi connectivity index (χ2v) is 7.59. The molecule has 27 heavy (non-hydrogen) atoms. The molecule has 2 unspecified atom stereocenters. The van der Waals surface area contributed by atoms with E-state index in [1.165, 1.54) is 30.5 Å². The van der Waals surface area contributed by atoms with Gasteiger partial charge in [0.1, 0.15) is 5.82 Å². The van der Waals surface area contributed by atoms with E-state index in [1.54, 1.807) is 12.1 Å². The summed E-state index contributed by atoms with van der Waals surface area (Å²) in [7, 11) is 0. The first kappa shape index (κ1) is 16.5. The summed E-state index contributed by atoms with van der Waals surface area (Å²) in [5, 5.41) is 3.39. The van der Waals surface area contributed by atoms with E-state index < -0.39 is 0 Å². The van der Waals surface area contributed by atoms with Crippen LogP contribution in [0.4, 0.5) is 15.8 Å². The van der Waals surface area contributed by atoms with E-state index in [1.807, 2.05) is 6.21 Å². The van der Waals surface area contributed by atoms with Crippen molar-refractivity contribution < 1.29 is 9.13 Å². The Labute approximate surface area is 158 Å². The second kappa shape index (κ2) is 6.83. The number of rotatable bonds is 2. The minimum absolute atomic E-state index is 0.240. The van der Waals surface area contributed by atoms with Crippen molar-refractivity contribution in [3.05, 3.63) is 58.9 Å². The minimum atomic E-state index is -0.240. The number of aliphatic imine (C=N–C) groups is 1. The highest BCUT2D eigenvalue weighted by Gasteiger charge is 2.34. The smallest absolute Gasteiger partial charge is 0.123 e. The number of anilines is 2. The molecule has 3 heterocycles. The van der Waals surface area contributed by atoms with Gasteiger partial charge >= 0.3 is 0 Å². The van der Waals surface area contributed by atoms with E-state index in [4.69, 9.17) is 4.74 Å². The number of hydrogen-bond acceptors (Lipinski definition) is 3. The summed E-state index contributed by atoms with van der Waals surface area (Å²) in [6.45, 7) is 0.711. The van der Waals surface area contributed by atoms with Gasteiger partial charge in [-0.2, -0.15) is 0 Å². The van der Waals surface area contributed by atoms with Crippen molar-refractivity contribution in [2.75, 3.05) is 5.32 Å². The second-order valence-electron chi connectivity index (χ2n) is 7.59. The fraction of sp³-hybridized carbons (Fsp3) is 0.348. The van der Waals surface area contributed by atoms with Gasteiger partial charge in [-0.3, -0.25) is 4.99 Å². The predicted molar refractivity (Wildman–Crippen MR) is 105 cm³/mol. The quantitative estimate of drug-likeness (QED) is 0.780. The van der Waals surface area contributed by atoms with Gasteiger partial charge < -0.3 is 10.1 Å². The largest absolute Gasteiger partial charge is 0.375 e. The molecule has 0 aromatic heterocycles. The van der Waals surface area contributed by atoms with Crippen LogP contribution in [0.15, 0.2) is 41.4 Å². The molecule has 0 saturated carbocycles. The monoisotopic (exact) mass is 360 g/mol. The third kappa shape index (κ3) is 3.48. The summed E-state index contributed by atoms with van der Waals surface area (Å²) >= 11 is 0. The van der Waals surface area contributed by atoms with Crippen LogP contribution in [-0.4, -0.2) is 18.4 Å². The number of hydrogen-bond donors (Lipinski definition) is 1. The lowest BCUT2D eigenvalue weighted by Gasteiger charge is -2.24. The minimum Gasteiger partial charge on any atom is -0.375 e. The highest BCUT2D eigenvalue weighted by Crippen LogP contribution is 2.35. The maximum Gasteiger partial charge on any atom is 0.123 e. The lowest BCUT2D eigenvalue weighted by atomic mass is 9.95. The molecule has 2 fully saturated rings. The maximum absolute atomic E-state index is 13.2. The molecule has 0 radical (unpaired) electrons. The Morgan fingerprint density at radius 3 is 2.63 bits per heavy atom. The van der Waals surface area contributed by atoms with Crippen molar-refractivity contribution in [3.8, 4) is 11.8 Å². The third-order valence-corrected chi connectivity index (χ3v) is 5.60. The molecule has 3 aliphatic heterocycles. The van der Waals surface area contributed by atoms with E-state index in [0.717, 1.165) is 35.3 Å². The molecule has 136 valence electrons. The van der Waals surface area contributed by atoms with Crippen LogP contribution in [-0.2, 0) is 11.3 Å². The van der Waals surface area contributed by atoms with Crippen molar-refractivity contribution in [2.24, 2.45) is 10.9 Å². The zero-order chi connectivity index (χ0) is 18.2. The van der Waals surface area contributed by atoms with Crippen LogP contribution < -0.4 is 5.32 Å². The molecule has 1 N–H and O–H groups in total. The molecule has 0 spiro atoms. The Kier molecular flexibility index (Phi) is 4.18. The average Bonchev–Trinajstić information content (AvgIpc) is 3.27. The molecule has 3 nitrogen and oxygen atoms in total. The van der Waals surface area contributed by atoms with Crippen LogP contribution in [0.1, 0.15) is 42.4 Å². The fourth-order valence-electron chi connectivity index (χ4n) is 4.21. The van der Waals surface area contributed by atoms with E-state index >= 15 is 0 Å². The first-order valence-electron chi connectivity index (χ1n) is 9.59. The first-order chi connectivity index (χ1) is 13.2. The Morgan fingerprint density at radius 2 is 1.85 bits per heavy atom. The van der Waals surface area contributed by atoms with Crippen molar-refractivity contribution >= 4 is 17.6 Å².